The van der Waals surface area contributed by atoms with Gasteiger partial charge in [0.2, 0.25) is 5.91 Å². The van der Waals surface area contributed by atoms with E-state index in [4.69, 9.17) is 0 Å². The molecule has 0 spiro atoms. The second kappa shape index (κ2) is 6.04. The number of carbonyl (C=O) groups is 1. The topological polar surface area (TPSA) is 32.3 Å². The zero-order chi connectivity index (χ0) is 14.0. The standard InChI is InChI=1S/C15H28N2OS/c1-5-11(3)13-14(18)17(12(6-2)16-13)10-15(19-4)8-7-9-15/h11-13,16H,5-10H2,1-4H3. The third-order valence-corrected chi connectivity index (χ3v) is 6.46. The van der Waals surface area contributed by atoms with Crippen LogP contribution in [0, 0.1) is 5.92 Å². The molecule has 1 saturated heterocycles. The van der Waals surface area contributed by atoms with Crippen molar-refractivity contribution in [3.63, 3.8) is 0 Å². The molecular formula is C15H28N2OS. The van der Waals surface area contributed by atoms with Crippen molar-refractivity contribution < 1.29 is 4.79 Å². The van der Waals surface area contributed by atoms with Crippen LogP contribution in [-0.2, 0) is 4.79 Å². The first-order valence-corrected chi connectivity index (χ1v) is 8.91. The Morgan fingerprint density at radius 2 is 2.16 bits per heavy atom. The number of carbonyl (C=O) groups excluding carboxylic acids is 1. The molecule has 1 N–H and O–H groups in total. The van der Waals surface area contributed by atoms with Crippen molar-refractivity contribution in [3.8, 4) is 0 Å². The van der Waals surface area contributed by atoms with Gasteiger partial charge in [0.15, 0.2) is 0 Å². The molecule has 2 fully saturated rings. The fraction of sp³-hybridized carbons (Fsp3) is 0.933. The zero-order valence-corrected chi connectivity index (χ0v) is 13.6. The summed E-state index contributed by atoms with van der Waals surface area (Å²) in [6.07, 6.45) is 8.35. The molecule has 0 aromatic heterocycles. The summed E-state index contributed by atoms with van der Waals surface area (Å²) >= 11 is 1.95. The number of rotatable bonds is 6. The molecule has 2 rings (SSSR count). The summed E-state index contributed by atoms with van der Waals surface area (Å²) in [6, 6.07) is 0.0360. The zero-order valence-electron chi connectivity index (χ0n) is 12.7. The first-order chi connectivity index (χ1) is 9.06. The Bertz CT molecular complexity index is 325. The normalized spacial score (nSPS) is 31.4. The lowest BCUT2D eigenvalue weighted by atomic mass is 9.83. The lowest BCUT2D eigenvalue weighted by Gasteiger charge is -2.44. The maximum Gasteiger partial charge on any atom is 0.241 e. The lowest BCUT2D eigenvalue weighted by Crippen LogP contribution is -2.49. The Hall–Kier alpha value is -0.220. The van der Waals surface area contributed by atoms with E-state index in [0.717, 1.165) is 19.4 Å². The van der Waals surface area contributed by atoms with Crippen LogP contribution in [0.15, 0.2) is 0 Å². The van der Waals surface area contributed by atoms with Gasteiger partial charge in [0.1, 0.15) is 0 Å². The van der Waals surface area contributed by atoms with Crippen LogP contribution in [-0.4, -0.2) is 40.6 Å². The van der Waals surface area contributed by atoms with Crippen LogP contribution in [0.25, 0.3) is 0 Å². The van der Waals surface area contributed by atoms with E-state index in [1.165, 1.54) is 19.3 Å². The van der Waals surface area contributed by atoms with Gasteiger partial charge in [-0.05, 0) is 31.4 Å². The van der Waals surface area contributed by atoms with E-state index in [-0.39, 0.29) is 12.2 Å². The van der Waals surface area contributed by atoms with E-state index >= 15 is 0 Å². The van der Waals surface area contributed by atoms with Crippen LogP contribution < -0.4 is 5.32 Å². The number of nitrogens with zero attached hydrogens (tertiary/aromatic N) is 1. The number of nitrogens with one attached hydrogen (secondary N) is 1. The summed E-state index contributed by atoms with van der Waals surface area (Å²) in [6.45, 7) is 7.45. The van der Waals surface area contributed by atoms with Crippen LogP contribution in [0.4, 0.5) is 0 Å². The van der Waals surface area contributed by atoms with Crippen molar-refractivity contribution in [2.24, 2.45) is 5.92 Å². The molecule has 0 bridgehead atoms. The van der Waals surface area contributed by atoms with Gasteiger partial charge in [-0.1, -0.05) is 33.6 Å². The summed E-state index contributed by atoms with van der Waals surface area (Å²) in [7, 11) is 0. The summed E-state index contributed by atoms with van der Waals surface area (Å²) < 4.78 is 0.342. The average Bonchev–Trinajstić information content (AvgIpc) is 2.69. The Balaban J connectivity index is 2.07. The average molecular weight is 284 g/mol. The highest BCUT2D eigenvalue weighted by atomic mass is 32.2. The van der Waals surface area contributed by atoms with E-state index < -0.39 is 0 Å². The molecule has 1 aliphatic carbocycles. The summed E-state index contributed by atoms with van der Waals surface area (Å²) in [5, 5.41) is 3.55. The highest BCUT2D eigenvalue weighted by Gasteiger charge is 2.46. The molecular weight excluding hydrogens is 256 g/mol. The molecule has 2 aliphatic rings. The van der Waals surface area contributed by atoms with Gasteiger partial charge in [-0.25, -0.2) is 0 Å². The summed E-state index contributed by atoms with van der Waals surface area (Å²) in [5.41, 5.74) is 0. The quantitative estimate of drug-likeness (QED) is 0.814. The first-order valence-electron chi connectivity index (χ1n) is 7.68. The molecule has 110 valence electrons. The SMILES string of the molecule is CCC(C)C1NC(CC)N(CC2(SC)CCC2)C1=O. The number of hydrogen-bond donors (Lipinski definition) is 1. The maximum absolute atomic E-state index is 12.7. The molecule has 4 heteroatoms. The van der Waals surface area contributed by atoms with Gasteiger partial charge in [-0.2, -0.15) is 11.8 Å². The van der Waals surface area contributed by atoms with Gasteiger partial charge >= 0.3 is 0 Å². The molecule has 1 amide bonds. The minimum absolute atomic E-state index is 0.0360. The minimum atomic E-state index is 0.0360. The highest BCUT2D eigenvalue weighted by Crippen LogP contribution is 2.44. The van der Waals surface area contributed by atoms with Gasteiger partial charge < -0.3 is 4.90 Å². The highest BCUT2D eigenvalue weighted by molar-refractivity contribution is 8.00. The van der Waals surface area contributed by atoms with Crippen molar-refractivity contribution in [1.82, 2.24) is 10.2 Å². The van der Waals surface area contributed by atoms with Crippen LogP contribution in [0.1, 0.15) is 52.9 Å². The molecule has 19 heavy (non-hydrogen) atoms. The van der Waals surface area contributed by atoms with Crippen LogP contribution in [0.2, 0.25) is 0 Å². The third-order valence-electron chi connectivity index (χ3n) is 5.05. The maximum atomic E-state index is 12.7. The molecule has 3 atom stereocenters. The van der Waals surface area contributed by atoms with Gasteiger partial charge in [-0.15, -0.1) is 0 Å². The van der Waals surface area contributed by atoms with E-state index in [9.17, 15) is 4.79 Å². The van der Waals surface area contributed by atoms with Crippen molar-refractivity contribution in [2.75, 3.05) is 12.8 Å². The van der Waals surface area contributed by atoms with Crippen molar-refractivity contribution in [2.45, 2.75) is 69.8 Å². The van der Waals surface area contributed by atoms with E-state index in [2.05, 4.69) is 37.2 Å². The fourth-order valence-corrected chi connectivity index (χ4v) is 4.14. The number of amides is 1. The predicted octanol–water partition coefficient (Wildman–Crippen LogP) is 2.85. The largest absolute Gasteiger partial charge is 0.324 e. The van der Waals surface area contributed by atoms with Crippen molar-refractivity contribution >= 4 is 17.7 Å². The molecule has 1 aliphatic heterocycles. The molecule has 3 nitrogen and oxygen atoms in total. The third kappa shape index (κ3) is 2.80. The lowest BCUT2D eigenvalue weighted by molar-refractivity contribution is -0.131. The molecule has 0 aromatic carbocycles. The monoisotopic (exact) mass is 284 g/mol. The van der Waals surface area contributed by atoms with Gasteiger partial charge in [-0.3, -0.25) is 10.1 Å². The molecule has 0 aromatic rings. The number of thioether (sulfide) groups is 1. The molecule has 1 heterocycles. The second-order valence-corrected chi connectivity index (χ2v) is 7.44. The predicted molar refractivity (Wildman–Crippen MR) is 82.3 cm³/mol. The second-order valence-electron chi connectivity index (χ2n) is 6.16. The van der Waals surface area contributed by atoms with Crippen LogP contribution in [0.5, 0.6) is 0 Å². The Morgan fingerprint density at radius 1 is 1.47 bits per heavy atom. The van der Waals surface area contributed by atoms with Crippen molar-refractivity contribution in [3.05, 3.63) is 0 Å². The summed E-state index contributed by atoms with van der Waals surface area (Å²) in [4.78, 5) is 14.8. The summed E-state index contributed by atoms with van der Waals surface area (Å²) in [5.74, 6) is 0.764. The van der Waals surface area contributed by atoms with Gasteiger partial charge in [0.05, 0.1) is 12.2 Å². The Morgan fingerprint density at radius 3 is 2.58 bits per heavy atom. The first kappa shape index (κ1) is 15.2. The molecule has 3 unspecified atom stereocenters. The molecule has 1 saturated carbocycles. The van der Waals surface area contributed by atoms with E-state index in [1.54, 1.807) is 0 Å². The Labute approximate surface area is 121 Å². The van der Waals surface area contributed by atoms with E-state index in [1.807, 2.05) is 11.8 Å². The van der Waals surface area contributed by atoms with Gasteiger partial charge in [0, 0.05) is 11.3 Å². The Kier molecular flexibility index (Phi) is 4.83. The van der Waals surface area contributed by atoms with E-state index in [0.29, 0.717) is 16.6 Å². The van der Waals surface area contributed by atoms with Crippen LogP contribution >= 0.6 is 11.8 Å². The van der Waals surface area contributed by atoms with Crippen LogP contribution in [0.3, 0.4) is 0 Å². The number of hydrogen-bond acceptors (Lipinski definition) is 3. The fourth-order valence-electron chi connectivity index (χ4n) is 3.18. The molecule has 0 radical (unpaired) electrons. The minimum Gasteiger partial charge on any atom is -0.324 e. The smallest absolute Gasteiger partial charge is 0.241 e. The van der Waals surface area contributed by atoms with Crippen molar-refractivity contribution in [1.29, 1.82) is 0 Å². The van der Waals surface area contributed by atoms with Gasteiger partial charge in [0.25, 0.3) is 0 Å².